The third-order valence-electron chi connectivity index (χ3n) is 3.82. The van der Waals surface area contributed by atoms with Gasteiger partial charge in [-0.15, -0.1) is 0 Å². The molecule has 0 saturated carbocycles. The van der Waals surface area contributed by atoms with Gasteiger partial charge in [-0.25, -0.2) is 4.79 Å². The Labute approximate surface area is 133 Å². The normalized spacial score (nSPS) is 20.1. The van der Waals surface area contributed by atoms with Gasteiger partial charge >= 0.3 is 12.0 Å². The van der Waals surface area contributed by atoms with Crippen LogP contribution in [0.15, 0.2) is 24.3 Å². The van der Waals surface area contributed by atoms with E-state index < -0.39 is 30.0 Å². The van der Waals surface area contributed by atoms with Gasteiger partial charge in [0.15, 0.2) is 0 Å². The lowest BCUT2D eigenvalue weighted by Crippen LogP contribution is -2.43. The maximum atomic E-state index is 12.2. The van der Waals surface area contributed by atoms with Crippen molar-refractivity contribution in [3.8, 4) is 6.07 Å². The molecule has 1 N–H and O–H groups in total. The number of nitrogens with one attached hydrogen (secondary N) is 1. The van der Waals surface area contributed by atoms with E-state index in [0.29, 0.717) is 17.5 Å². The summed E-state index contributed by atoms with van der Waals surface area (Å²) in [7, 11) is 0. The highest BCUT2D eigenvalue weighted by Crippen LogP contribution is 2.20. The summed E-state index contributed by atoms with van der Waals surface area (Å²) in [5.41, 5.74) is 0.260. The molecule has 0 radical (unpaired) electrons. The molecule has 0 spiro atoms. The van der Waals surface area contributed by atoms with Crippen molar-refractivity contribution in [2.45, 2.75) is 32.4 Å². The Morgan fingerprint density at radius 2 is 2.00 bits per heavy atom. The van der Waals surface area contributed by atoms with Gasteiger partial charge < -0.3 is 10.1 Å². The first-order chi connectivity index (χ1) is 10.9. The van der Waals surface area contributed by atoms with E-state index in [4.69, 9.17) is 10.00 Å². The van der Waals surface area contributed by atoms with E-state index in [2.05, 4.69) is 5.32 Å². The molecule has 1 atom stereocenters. The molecule has 1 aliphatic rings. The molecule has 0 bridgehead atoms. The summed E-state index contributed by atoms with van der Waals surface area (Å²) in [5, 5.41) is 11.3. The predicted octanol–water partition coefficient (Wildman–Crippen LogP) is 1.32. The van der Waals surface area contributed by atoms with Crippen molar-refractivity contribution >= 4 is 17.9 Å². The molecule has 120 valence electrons. The average Bonchev–Trinajstić information content (AvgIpc) is 2.77. The van der Waals surface area contributed by atoms with Crippen LogP contribution in [-0.4, -0.2) is 34.9 Å². The Morgan fingerprint density at radius 3 is 2.52 bits per heavy atom. The first-order valence-electron chi connectivity index (χ1n) is 7.18. The Morgan fingerprint density at radius 1 is 1.35 bits per heavy atom. The molecule has 1 saturated heterocycles. The minimum absolute atomic E-state index is 0.0131. The maximum absolute atomic E-state index is 12.2. The molecule has 1 aromatic carbocycles. The van der Waals surface area contributed by atoms with E-state index in [1.165, 1.54) is 0 Å². The summed E-state index contributed by atoms with van der Waals surface area (Å²) in [6.45, 7) is 3.00. The molecule has 1 heterocycles. The number of amides is 3. The van der Waals surface area contributed by atoms with E-state index in [0.717, 1.165) is 4.90 Å². The lowest BCUT2D eigenvalue weighted by Gasteiger charge is -2.18. The number of carbonyl (C=O) groups is 3. The zero-order valence-corrected chi connectivity index (χ0v) is 13.0. The zero-order valence-electron chi connectivity index (χ0n) is 13.0. The average molecular weight is 315 g/mol. The van der Waals surface area contributed by atoms with Crippen molar-refractivity contribution < 1.29 is 19.1 Å². The smallest absolute Gasteiger partial charge is 0.326 e. The van der Waals surface area contributed by atoms with E-state index in [1.807, 2.05) is 6.07 Å². The predicted molar refractivity (Wildman–Crippen MR) is 79.9 cm³/mol. The molecular formula is C16H17N3O4. The van der Waals surface area contributed by atoms with Gasteiger partial charge in [0.1, 0.15) is 18.7 Å². The van der Waals surface area contributed by atoms with Crippen LogP contribution < -0.4 is 5.32 Å². The number of carbonyl (C=O) groups excluding carboxylic acids is 3. The lowest BCUT2D eigenvalue weighted by molar-refractivity contribution is -0.148. The fraction of sp³-hybridized carbons (Fsp3) is 0.375. The largest absolute Gasteiger partial charge is 0.459 e. The fourth-order valence-electron chi connectivity index (χ4n) is 2.14. The number of ether oxygens (including phenoxy) is 1. The minimum Gasteiger partial charge on any atom is -0.459 e. The van der Waals surface area contributed by atoms with E-state index in [-0.39, 0.29) is 6.61 Å². The van der Waals surface area contributed by atoms with Gasteiger partial charge in [-0.3, -0.25) is 14.5 Å². The van der Waals surface area contributed by atoms with Crippen LogP contribution in [0.25, 0.3) is 0 Å². The molecule has 0 aromatic heterocycles. The van der Waals surface area contributed by atoms with Crippen LogP contribution in [0.5, 0.6) is 0 Å². The van der Waals surface area contributed by atoms with Crippen molar-refractivity contribution in [1.29, 1.82) is 5.26 Å². The standard InChI is InChI=1S/C16H17N3O4/c1-3-16(2)14(21)19(15(22)18-16)9-13(20)23-10-12-6-4-11(8-17)5-7-12/h4-7H,3,9-10H2,1-2H3,(H,18,22)/t16-/m0/s1. The van der Waals surface area contributed by atoms with Crippen LogP contribution in [0, 0.1) is 11.3 Å². The molecule has 0 aliphatic carbocycles. The van der Waals surface area contributed by atoms with Crippen molar-refractivity contribution in [2.24, 2.45) is 0 Å². The van der Waals surface area contributed by atoms with Crippen LogP contribution in [0.4, 0.5) is 4.79 Å². The number of hydrogen-bond donors (Lipinski definition) is 1. The van der Waals surface area contributed by atoms with Crippen molar-refractivity contribution in [2.75, 3.05) is 6.54 Å². The first kappa shape index (κ1) is 16.5. The van der Waals surface area contributed by atoms with Gasteiger partial charge in [0.2, 0.25) is 0 Å². The third-order valence-corrected chi connectivity index (χ3v) is 3.82. The third kappa shape index (κ3) is 3.48. The second kappa shape index (κ2) is 6.48. The summed E-state index contributed by atoms with van der Waals surface area (Å²) in [6.07, 6.45) is 0.439. The highest BCUT2D eigenvalue weighted by atomic mass is 16.5. The topological polar surface area (TPSA) is 99.5 Å². The van der Waals surface area contributed by atoms with E-state index in [9.17, 15) is 14.4 Å². The number of rotatable bonds is 5. The molecule has 23 heavy (non-hydrogen) atoms. The second-order valence-electron chi connectivity index (χ2n) is 5.48. The molecular weight excluding hydrogens is 298 g/mol. The maximum Gasteiger partial charge on any atom is 0.326 e. The van der Waals surface area contributed by atoms with Gasteiger partial charge in [-0.2, -0.15) is 5.26 Å². The summed E-state index contributed by atoms with van der Waals surface area (Å²) in [4.78, 5) is 36.7. The number of benzene rings is 1. The highest BCUT2D eigenvalue weighted by Gasteiger charge is 2.47. The number of esters is 1. The number of hydrogen-bond acceptors (Lipinski definition) is 5. The van der Waals surface area contributed by atoms with Gasteiger partial charge in [0.25, 0.3) is 5.91 Å². The Kier molecular flexibility index (Phi) is 4.65. The monoisotopic (exact) mass is 315 g/mol. The SMILES string of the molecule is CC[C@]1(C)NC(=O)N(CC(=O)OCc2ccc(C#N)cc2)C1=O. The fourth-order valence-corrected chi connectivity index (χ4v) is 2.14. The summed E-state index contributed by atoms with van der Waals surface area (Å²) in [6, 6.07) is 7.99. The molecule has 1 fully saturated rings. The van der Waals surface area contributed by atoms with Crippen LogP contribution in [0.3, 0.4) is 0 Å². The zero-order chi connectivity index (χ0) is 17.0. The van der Waals surface area contributed by atoms with Crippen LogP contribution in [0.2, 0.25) is 0 Å². The van der Waals surface area contributed by atoms with E-state index >= 15 is 0 Å². The number of nitrogens with zero attached hydrogens (tertiary/aromatic N) is 2. The van der Waals surface area contributed by atoms with Crippen molar-refractivity contribution in [1.82, 2.24) is 10.2 Å². The Balaban J connectivity index is 1.91. The van der Waals surface area contributed by atoms with Crippen LogP contribution in [0.1, 0.15) is 31.4 Å². The number of imide groups is 1. The van der Waals surface area contributed by atoms with Gasteiger partial charge in [-0.05, 0) is 31.0 Å². The molecule has 1 aromatic rings. The minimum atomic E-state index is -0.968. The van der Waals surface area contributed by atoms with Crippen LogP contribution >= 0.6 is 0 Å². The van der Waals surface area contributed by atoms with Gasteiger partial charge in [0.05, 0.1) is 11.6 Å². The summed E-state index contributed by atoms with van der Waals surface area (Å²) in [5.74, 6) is -1.10. The molecule has 0 unspecified atom stereocenters. The molecule has 3 amide bonds. The summed E-state index contributed by atoms with van der Waals surface area (Å²) < 4.78 is 5.07. The molecule has 2 rings (SSSR count). The Hall–Kier alpha value is -2.88. The van der Waals surface area contributed by atoms with Gasteiger partial charge in [0, 0.05) is 0 Å². The molecule has 7 nitrogen and oxygen atoms in total. The highest BCUT2D eigenvalue weighted by molar-refractivity contribution is 6.08. The van der Waals surface area contributed by atoms with Gasteiger partial charge in [-0.1, -0.05) is 19.1 Å². The lowest BCUT2D eigenvalue weighted by atomic mass is 9.99. The quantitative estimate of drug-likeness (QED) is 0.652. The van der Waals surface area contributed by atoms with E-state index in [1.54, 1.807) is 38.1 Å². The number of nitriles is 1. The summed E-state index contributed by atoms with van der Waals surface area (Å²) >= 11 is 0. The first-order valence-corrected chi connectivity index (χ1v) is 7.18. The number of urea groups is 1. The van der Waals surface area contributed by atoms with Crippen molar-refractivity contribution in [3.05, 3.63) is 35.4 Å². The second-order valence-corrected chi connectivity index (χ2v) is 5.48. The molecule has 7 heteroatoms. The van der Waals surface area contributed by atoms with Crippen LogP contribution in [-0.2, 0) is 20.9 Å². The molecule has 1 aliphatic heterocycles. The Bertz CT molecular complexity index is 678. The van der Waals surface area contributed by atoms with Crippen molar-refractivity contribution in [3.63, 3.8) is 0 Å².